The quantitative estimate of drug-likeness (QED) is 0.0193. The number of halogens is 1. The summed E-state index contributed by atoms with van der Waals surface area (Å²) in [4.78, 5) is 136. The average Bonchev–Trinajstić information content (AvgIpc) is 1.58. The van der Waals surface area contributed by atoms with E-state index in [-0.39, 0.29) is 93.6 Å². The lowest BCUT2D eigenvalue weighted by atomic mass is 9.84. The maximum absolute atomic E-state index is 14.4. The van der Waals surface area contributed by atoms with E-state index in [1.54, 1.807) is 76.2 Å². The molecule has 0 radical (unpaired) electrons. The highest BCUT2D eigenvalue weighted by atomic mass is 35.5. The minimum Gasteiger partial charge on any atom is -0.495 e. The number of nitrogens with one attached hydrogen (secondary N) is 5. The van der Waals surface area contributed by atoms with Gasteiger partial charge < -0.3 is 75.2 Å². The van der Waals surface area contributed by atoms with E-state index in [0.717, 1.165) is 16.0 Å². The summed E-state index contributed by atoms with van der Waals surface area (Å²) >= 11 is 6.82. The number of nitrogens with two attached hydrogens (primary N) is 1. The molecule has 514 valence electrons. The summed E-state index contributed by atoms with van der Waals surface area (Å²) < 4.78 is 34.6. The summed E-state index contributed by atoms with van der Waals surface area (Å²) in [6.45, 7) is 14.3. The van der Waals surface area contributed by atoms with Gasteiger partial charge in [-0.3, -0.25) is 34.1 Å². The van der Waals surface area contributed by atoms with Crippen LogP contribution in [0.3, 0.4) is 0 Å². The molecule has 0 unspecified atom stereocenters. The van der Waals surface area contributed by atoms with Crippen LogP contribution in [0, 0.1) is 17.8 Å². The Morgan fingerprint density at radius 2 is 1.63 bits per heavy atom. The molecular weight excluding hydrogens is 1230 g/mol. The number of carbonyl (C=O) groups is 10. The van der Waals surface area contributed by atoms with Crippen LogP contribution < -0.4 is 42.0 Å². The fourth-order valence-corrected chi connectivity index (χ4v) is 11.3. The van der Waals surface area contributed by atoms with Crippen molar-refractivity contribution in [2.75, 3.05) is 58.2 Å². The van der Waals surface area contributed by atoms with Crippen LogP contribution in [0.2, 0.25) is 5.02 Å². The van der Waals surface area contributed by atoms with Crippen LogP contribution in [0.25, 0.3) is 0 Å². The molecule has 0 saturated carbocycles. The monoisotopic (exact) mass is 1320 g/mol. The second-order valence-corrected chi connectivity index (χ2v) is 25.2. The number of carbonyl (C=O) groups excluding carboxylic acids is 10. The highest BCUT2D eigenvalue weighted by Crippen LogP contribution is 2.49. The number of aliphatic hydroxyl groups is 1. The zero-order valence-corrected chi connectivity index (χ0v) is 56.4. The lowest BCUT2D eigenvalue weighted by Gasteiger charge is -2.39. The van der Waals surface area contributed by atoms with E-state index < -0.39 is 108 Å². The van der Waals surface area contributed by atoms with Gasteiger partial charge in [-0.25, -0.2) is 19.2 Å². The number of rotatable bonds is 28. The summed E-state index contributed by atoms with van der Waals surface area (Å²) in [5.41, 5.74) is 5.20. The van der Waals surface area contributed by atoms with E-state index in [0.29, 0.717) is 61.2 Å². The molecule has 3 heterocycles. The molecule has 8 N–H and O–H groups in total. The Kier molecular flexibility index (Phi) is 28.8. The molecule has 0 aromatic heterocycles. The Morgan fingerprint density at radius 1 is 0.935 bits per heavy atom. The number of nitrogens with zero attached hydrogens (tertiary/aromatic N) is 3. The van der Waals surface area contributed by atoms with Crippen LogP contribution in [0.5, 0.6) is 5.75 Å². The van der Waals surface area contributed by atoms with Gasteiger partial charge in [-0.2, -0.15) is 0 Å². The van der Waals surface area contributed by atoms with Gasteiger partial charge in [0.15, 0.2) is 0 Å². The number of primary amides is 1. The fourth-order valence-electron chi connectivity index (χ4n) is 11.0. The first kappa shape index (κ1) is 75.7. The molecule has 2 fully saturated rings. The molecule has 26 nitrogen and oxygen atoms in total. The summed E-state index contributed by atoms with van der Waals surface area (Å²) in [6.07, 6.45) is 4.51. The molecule has 0 aliphatic carbocycles. The van der Waals surface area contributed by atoms with Crippen molar-refractivity contribution < 1.29 is 81.5 Å². The first-order valence-corrected chi connectivity index (χ1v) is 32.2. The van der Waals surface area contributed by atoms with Gasteiger partial charge in [-0.15, -0.1) is 0 Å². The largest absolute Gasteiger partial charge is 0.495 e. The van der Waals surface area contributed by atoms with Gasteiger partial charge in [0, 0.05) is 71.5 Å². The molecule has 2 aromatic carbocycles. The number of alkyl carbamates (subject to hydrolysis) is 1. The number of anilines is 2. The third-order valence-electron chi connectivity index (χ3n) is 17.2. The third kappa shape index (κ3) is 22.4. The number of ether oxygens (including phenoxy) is 6. The van der Waals surface area contributed by atoms with Crippen LogP contribution in [-0.4, -0.2) is 170 Å². The van der Waals surface area contributed by atoms with Crippen molar-refractivity contribution in [1.82, 2.24) is 31.1 Å². The predicted molar refractivity (Wildman–Crippen MR) is 346 cm³/mol. The summed E-state index contributed by atoms with van der Waals surface area (Å²) in [6, 6.07) is 5.90. The van der Waals surface area contributed by atoms with Gasteiger partial charge in [0.1, 0.15) is 59.0 Å². The molecule has 9 atom stereocenters. The maximum atomic E-state index is 14.4. The first-order chi connectivity index (χ1) is 43.9. The maximum Gasteiger partial charge on any atom is 0.409 e. The van der Waals surface area contributed by atoms with E-state index in [9.17, 15) is 53.1 Å². The van der Waals surface area contributed by atoms with Gasteiger partial charge in [0.25, 0.3) is 0 Å². The van der Waals surface area contributed by atoms with Crippen molar-refractivity contribution in [2.45, 2.75) is 193 Å². The molecule has 3 aliphatic rings. The first-order valence-electron chi connectivity index (χ1n) is 31.8. The van der Waals surface area contributed by atoms with Crippen LogP contribution in [-0.2, 0) is 70.3 Å². The van der Waals surface area contributed by atoms with Gasteiger partial charge >= 0.3 is 30.2 Å². The molecule has 5 rings (SSSR count). The topological polar surface area (TPSA) is 346 Å². The molecule has 4 bridgehead atoms. The Labute approximate surface area is 550 Å². The number of unbranched alkanes of at least 4 members (excludes halogenated alkanes) is 2. The molecule has 27 heteroatoms. The highest BCUT2D eigenvalue weighted by Gasteiger charge is 2.64. The predicted octanol–water partition coefficient (Wildman–Crippen LogP) is 7.10. The second kappa shape index (κ2) is 35.3. The van der Waals surface area contributed by atoms with E-state index in [1.807, 2.05) is 26.8 Å². The third-order valence-corrected chi connectivity index (χ3v) is 17.6. The number of hydrogen-bond donors (Lipinski definition) is 7. The SMILES string of the molecule is CCC(CC)C(=O)OCCCCCC(=O)N[C@H](C(=O)N[C@@H](CCCNC(N)=O)C(=O)Nc1ccc(COC(=O)N(C)CCC(=O)N(C)[C@@H](C)C(=O)O[C@@H]2CC(=O)N(C)c3cc(cc(OC)c3Cl)C/C(C)=C/C=C/C[C@@]3(O)C[C@H](OC(=O)N3)[C@@H](C)[C@@H]3O[C@@]23C)cc1)C(C)C. The molecule has 9 amide bonds. The molecule has 2 aromatic rings. The molecule has 2 saturated heterocycles. The van der Waals surface area contributed by atoms with E-state index in [2.05, 4.69) is 26.6 Å². The molecule has 0 spiro atoms. The van der Waals surface area contributed by atoms with Crippen molar-refractivity contribution in [3.63, 3.8) is 0 Å². The minimum absolute atomic E-state index is 0.000630. The lowest BCUT2D eigenvalue weighted by molar-refractivity contribution is -0.162. The minimum atomic E-state index is -1.66. The Hall–Kier alpha value is -7.97. The van der Waals surface area contributed by atoms with Crippen molar-refractivity contribution in [1.29, 1.82) is 0 Å². The number of amides is 9. The molecule has 93 heavy (non-hydrogen) atoms. The van der Waals surface area contributed by atoms with Crippen molar-refractivity contribution in [3.8, 4) is 5.75 Å². The van der Waals surface area contributed by atoms with Crippen LogP contribution in [0.1, 0.15) is 144 Å². The fraction of sp³-hybridized carbons (Fsp3) is 0.606. The number of urea groups is 1. The van der Waals surface area contributed by atoms with Crippen molar-refractivity contribution in [3.05, 3.63) is 76.3 Å². The lowest BCUT2D eigenvalue weighted by Crippen LogP contribution is -2.57. The van der Waals surface area contributed by atoms with Crippen LogP contribution >= 0.6 is 11.6 Å². The second-order valence-electron chi connectivity index (χ2n) is 24.8. The van der Waals surface area contributed by atoms with Crippen LogP contribution in [0.4, 0.5) is 25.8 Å². The summed E-state index contributed by atoms with van der Waals surface area (Å²) in [5, 5.41) is 25.1. The van der Waals surface area contributed by atoms with Gasteiger partial charge in [0.2, 0.25) is 29.5 Å². The standard InChI is InChI=1S/C66H96ClN9O17/c1-13-45(14-2)61(83)89-32-19-15-16-23-52(77)72-56(39(3)4)59(81)71-47(22-20-30-69-62(68)84)58(80)70-46-26-24-43(25-27-46)38-90-64(86)74(9)31-28-53(78)75(10)42(7)60(82)92-51-36-54(79)76(11)48-34-44(35-49(88-12)55(48)67)33-40(5)21-17-18-29-66(87)37-50(91-63(85)73-66)41(6)57-65(51,8)93-57/h17-18,21,24-27,34-35,39,41-42,45,47,50-51,56-57,87H,13-16,19-20,22-23,28-33,36-38H2,1-12H3,(H,70,80)(H,71,81)(H,72,77)(H,73,85)(H3,68,69,84)/b18-17+,40-21+/t41-,42+,47+,50+,51-,56+,57+,65+,66-/m1/s1. The van der Waals surface area contributed by atoms with Gasteiger partial charge in [-0.05, 0) is 113 Å². The summed E-state index contributed by atoms with van der Waals surface area (Å²) in [7, 11) is 5.84. The highest BCUT2D eigenvalue weighted by molar-refractivity contribution is 6.35. The van der Waals surface area contributed by atoms with Crippen molar-refractivity contribution in [2.24, 2.45) is 23.5 Å². The Bertz CT molecular complexity index is 3030. The number of methoxy groups -OCH3 is 1. The number of esters is 2. The summed E-state index contributed by atoms with van der Waals surface area (Å²) in [5.74, 6) is -4.34. The number of benzene rings is 2. The van der Waals surface area contributed by atoms with E-state index in [4.69, 9.17) is 45.8 Å². The zero-order chi connectivity index (χ0) is 68.9. The number of likely N-dealkylation sites (N-methyl/N-ethyl adjacent to an activating group) is 1. The van der Waals surface area contributed by atoms with Crippen LogP contribution in [0.15, 0.2) is 60.2 Å². The van der Waals surface area contributed by atoms with Gasteiger partial charge in [0.05, 0.1) is 37.8 Å². The number of epoxide rings is 1. The number of hydrogen-bond acceptors (Lipinski definition) is 17. The van der Waals surface area contributed by atoms with E-state index in [1.165, 1.54) is 45.0 Å². The zero-order valence-electron chi connectivity index (χ0n) is 55.7. The van der Waals surface area contributed by atoms with Gasteiger partial charge in [-0.1, -0.05) is 82.2 Å². The Morgan fingerprint density at radius 3 is 2.29 bits per heavy atom. The Balaban J connectivity index is 1.16. The number of fused-ring (bicyclic) bond motifs is 5. The average molecular weight is 1320 g/mol. The number of allylic oxidation sites excluding steroid dienone is 3. The molecule has 3 aliphatic heterocycles. The molecular formula is C66H96ClN9O17. The normalized spacial score (nSPS) is 22.4. The van der Waals surface area contributed by atoms with E-state index >= 15 is 0 Å². The smallest absolute Gasteiger partial charge is 0.409 e. The van der Waals surface area contributed by atoms with Crippen molar-refractivity contribution >= 4 is 82.7 Å².